The number of rotatable bonds is 6. The molecule has 0 bridgehead atoms. The average Bonchev–Trinajstić information content (AvgIpc) is 2.86. The molecular formula is C16H17N3O4S. The van der Waals surface area contributed by atoms with Crippen molar-refractivity contribution in [3.63, 3.8) is 0 Å². The molecule has 0 fully saturated rings. The fourth-order valence-electron chi connectivity index (χ4n) is 2.06. The molecule has 8 heteroatoms. The number of aromatic nitrogens is 1. The van der Waals surface area contributed by atoms with Crippen LogP contribution in [0.1, 0.15) is 25.9 Å². The normalized spacial score (nSPS) is 10.2. The van der Waals surface area contributed by atoms with Gasteiger partial charge in [-0.2, -0.15) is 0 Å². The lowest BCUT2D eigenvalue weighted by Crippen LogP contribution is -2.30. The van der Waals surface area contributed by atoms with Gasteiger partial charge in [0, 0.05) is 10.6 Å². The molecule has 0 spiro atoms. The lowest BCUT2D eigenvalue weighted by Gasteiger charge is -2.06. The highest BCUT2D eigenvalue weighted by molar-refractivity contribution is 7.11. The second kappa shape index (κ2) is 7.69. The number of carboxylic acid groups (broad SMARTS) is 1. The van der Waals surface area contributed by atoms with Gasteiger partial charge < -0.3 is 15.7 Å². The first-order valence-electron chi connectivity index (χ1n) is 7.18. The van der Waals surface area contributed by atoms with Crippen molar-refractivity contribution in [2.45, 2.75) is 20.3 Å². The van der Waals surface area contributed by atoms with Gasteiger partial charge in [-0.25, -0.2) is 4.98 Å². The Labute approximate surface area is 142 Å². The van der Waals surface area contributed by atoms with Crippen LogP contribution < -0.4 is 10.6 Å². The average molecular weight is 347 g/mol. The van der Waals surface area contributed by atoms with Gasteiger partial charge in [0.2, 0.25) is 5.91 Å². The molecule has 2 rings (SSSR count). The Morgan fingerprint density at radius 1 is 1.17 bits per heavy atom. The number of hydrogen-bond acceptors (Lipinski definition) is 5. The molecule has 0 aliphatic heterocycles. The van der Waals surface area contributed by atoms with E-state index in [0.717, 1.165) is 15.4 Å². The summed E-state index contributed by atoms with van der Waals surface area (Å²) in [5.74, 6) is -1.74. The number of carboxylic acids is 1. The molecule has 0 atom stereocenters. The number of nitrogens with one attached hydrogen (secondary N) is 2. The summed E-state index contributed by atoms with van der Waals surface area (Å²) >= 11 is 1.47. The Balaban J connectivity index is 1.94. The molecule has 2 aromatic rings. The van der Waals surface area contributed by atoms with E-state index >= 15 is 0 Å². The number of thiazole rings is 1. The van der Waals surface area contributed by atoms with Crippen molar-refractivity contribution in [3.05, 3.63) is 45.4 Å². The second-order valence-electron chi connectivity index (χ2n) is 5.14. The van der Waals surface area contributed by atoms with E-state index in [4.69, 9.17) is 5.11 Å². The first-order chi connectivity index (χ1) is 11.3. The van der Waals surface area contributed by atoms with Crippen molar-refractivity contribution >= 4 is 34.8 Å². The van der Waals surface area contributed by atoms with Gasteiger partial charge in [0.1, 0.15) is 12.2 Å². The van der Waals surface area contributed by atoms with Gasteiger partial charge in [-0.05, 0) is 31.5 Å². The number of hydrogen-bond donors (Lipinski definition) is 3. The Hall–Kier alpha value is -2.74. The number of amides is 2. The van der Waals surface area contributed by atoms with E-state index in [1.165, 1.54) is 11.3 Å². The molecule has 0 saturated carbocycles. The summed E-state index contributed by atoms with van der Waals surface area (Å²) in [5.41, 5.74) is 1.73. The van der Waals surface area contributed by atoms with Crippen molar-refractivity contribution in [3.8, 4) is 0 Å². The second-order valence-corrected chi connectivity index (χ2v) is 6.54. The number of nitrogens with zero attached hydrogens (tertiary/aromatic N) is 1. The zero-order valence-electron chi connectivity index (χ0n) is 13.3. The molecule has 0 aliphatic carbocycles. The van der Waals surface area contributed by atoms with Gasteiger partial charge in [-0.1, -0.05) is 12.1 Å². The van der Waals surface area contributed by atoms with Crippen molar-refractivity contribution < 1.29 is 19.5 Å². The van der Waals surface area contributed by atoms with Crippen LogP contribution in [0.3, 0.4) is 0 Å². The van der Waals surface area contributed by atoms with E-state index in [1.807, 2.05) is 13.8 Å². The molecule has 1 heterocycles. The Morgan fingerprint density at radius 2 is 1.83 bits per heavy atom. The number of carbonyl (C=O) groups excluding carboxylic acids is 2. The maximum Gasteiger partial charge on any atom is 0.322 e. The topological polar surface area (TPSA) is 108 Å². The van der Waals surface area contributed by atoms with E-state index in [2.05, 4.69) is 15.6 Å². The molecule has 0 radical (unpaired) electrons. The Bertz CT molecular complexity index is 768. The Morgan fingerprint density at radius 3 is 2.38 bits per heavy atom. The fourth-order valence-corrected chi connectivity index (χ4v) is 2.87. The monoisotopic (exact) mass is 347 g/mol. The maximum atomic E-state index is 12.2. The fraction of sp³-hybridized carbons (Fsp3) is 0.250. The summed E-state index contributed by atoms with van der Waals surface area (Å²) in [5, 5.41) is 14.4. The number of anilines is 1. The van der Waals surface area contributed by atoms with Gasteiger partial charge in [-0.15, -0.1) is 11.3 Å². The van der Waals surface area contributed by atoms with Gasteiger partial charge >= 0.3 is 5.97 Å². The van der Waals surface area contributed by atoms with E-state index < -0.39 is 12.5 Å². The smallest absolute Gasteiger partial charge is 0.322 e. The first-order valence-corrected chi connectivity index (χ1v) is 7.99. The number of carbonyl (C=O) groups is 3. The van der Waals surface area contributed by atoms with Gasteiger partial charge in [0.25, 0.3) is 5.91 Å². The van der Waals surface area contributed by atoms with Crippen molar-refractivity contribution in [1.29, 1.82) is 0 Å². The summed E-state index contributed by atoms with van der Waals surface area (Å²) < 4.78 is 0. The molecule has 24 heavy (non-hydrogen) atoms. The molecule has 0 aliphatic rings. The molecule has 7 nitrogen and oxygen atoms in total. The summed E-state index contributed by atoms with van der Waals surface area (Å²) in [7, 11) is 0. The van der Waals surface area contributed by atoms with Gasteiger partial charge in [0.15, 0.2) is 0 Å². The molecule has 1 aromatic heterocycles. The van der Waals surface area contributed by atoms with Crippen LogP contribution in [0.4, 0.5) is 5.69 Å². The maximum absolute atomic E-state index is 12.2. The minimum Gasteiger partial charge on any atom is -0.480 e. The zero-order chi connectivity index (χ0) is 17.7. The van der Waals surface area contributed by atoms with Crippen molar-refractivity contribution in [2.24, 2.45) is 0 Å². The van der Waals surface area contributed by atoms with E-state index in [-0.39, 0.29) is 18.2 Å². The highest BCUT2D eigenvalue weighted by Crippen LogP contribution is 2.18. The molecule has 3 N–H and O–H groups in total. The summed E-state index contributed by atoms with van der Waals surface area (Å²) in [6, 6.07) is 6.78. The van der Waals surface area contributed by atoms with E-state index in [0.29, 0.717) is 11.4 Å². The number of aliphatic carboxylic acids is 1. The van der Waals surface area contributed by atoms with Gasteiger partial charge in [-0.3, -0.25) is 14.4 Å². The van der Waals surface area contributed by atoms with Crippen LogP contribution in [-0.2, 0) is 16.0 Å². The minimum absolute atomic E-state index is 0.0753. The highest BCUT2D eigenvalue weighted by Gasteiger charge is 2.14. The quantitative estimate of drug-likeness (QED) is 0.738. The molecular weight excluding hydrogens is 330 g/mol. The summed E-state index contributed by atoms with van der Waals surface area (Å²) in [6.07, 6.45) is 0.0753. The summed E-state index contributed by atoms with van der Waals surface area (Å²) in [4.78, 5) is 39.2. The van der Waals surface area contributed by atoms with E-state index in [9.17, 15) is 14.4 Å². The highest BCUT2D eigenvalue weighted by atomic mass is 32.1. The molecule has 126 valence electrons. The lowest BCUT2D eigenvalue weighted by molar-refractivity contribution is -0.137. The van der Waals surface area contributed by atoms with E-state index in [1.54, 1.807) is 24.3 Å². The van der Waals surface area contributed by atoms with Crippen molar-refractivity contribution in [1.82, 2.24) is 10.3 Å². The molecule has 1 aromatic carbocycles. The van der Waals surface area contributed by atoms with Crippen LogP contribution in [0, 0.1) is 13.8 Å². The van der Waals surface area contributed by atoms with Crippen LogP contribution in [0.15, 0.2) is 24.3 Å². The van der Waals surface area contributed by atoms with Crippen LogP contribution in [0.2, 0.25) is 0 Å². The third-order valence-electron chi connectivity index (χ3n) is 3.13. The minimum atomic E-state index is -1.09. The zero-order valence-corrected chi connectivity index (χ0v) is 14.1. The van der Waals surface area contributed by atoms with Crippen LogP contribution in [0.25, 0.3) is 0 Å². The standard InChI is InChI=1S/C16H17N3O4S/c1-9-15(18-10(2)24-9)16(23)19-12-5-3-11(4-6-12)7-13(20)17-8-14(21)22/h3-6H,7-8H2,1-2H3,(H,17,20)(H,19,23)(H,21,22). The molecule has 2 amide bonds. The largest absolute Gasteiger partial charge is 0.480 e. The third kappa shape index (κ3) is 4.88. The lowest BCUT2D eigenvalue weighted by atomic mass is 10.1. The predicted octanol–water partition coefficient (Wildman–Crippen LogP) is 1.76. The van der Waals surface area contributed by atoms with Crippen LogP contribution in [0.5, 0.6) is 0 Å². The summed E-state index contributed by atoms with van der Waals surface area (Å²) in [6.45, 7) is 3.29. The third-order valence-corrected chi connectivity index (χ3v) is 4.02. The first kappa shape index (κ1) is 17.6. The SMILES string of the molecule is Cc1nc(C(=O)Nc2ccc(CC(=O)NCC(=O)O)cc2)c(C)s1. The molecule has 0 unspecified atom stereocenters. The van der Waals surface area contributed by atoms with Crippen molar-refractivity contribution in [2.75, 3.05) is 11.9 Å². The number of aryl methyl sites for hydroxylation is 2. The van der Waals surface area contributed by atoms with Gasteiger partial charge in [0.05, 0.1) is 11.4 Å². The predicted molar refractivity (Wildman–Crippen MR) is 90.3 cm³/mol. The molecule has 0 saturated heterocycles. The Kier molecular flexibility index (Phi) is 5.64. The van der Waals surface area contributed by atoms with Crippen LogP contribution >= 0.6 is 11.3 Å². The number of benzene rings is 1. The van der Waals surface area contributed by atoms with Crippen LogP contribution in [-0.4, -0.2) is 34.4 Å².